The van der Waals surface area contributed by atoms with Crippen LogP contribution in [0.1, 0.15) is 5.01 Å². The van der Waals surface area contributed by atoms with Crippen LogP contribution < -0.4 is 5.73 Å². The fourth-order valence-electron chi connectivity index (χ4n) is 2.97. The van der Waals surface area contributed by atoms with Gasteiger partial charge in [-0.15, -0.1) is 11.3 Å². The Morgan fingerprint density at radius 1 is 0.963 bits per heavy atom. The highest BCUT2D eigenvalue weighted by molar-refractivity contribution is 7.90. The molecular weight excluding hydrogens is 378 g/mol. The van der Waals surface area contributed by atoms with Gasteiger partial charge in [0.15, 0.2) is 9.84 Å². The van der Waals surface area contributed by atoms with Crippen LogP contribution in [0.3, 0.4) is 0 Å². The maximum absolute atomic E-state index is 11.6. The Balaban J connectivity index is 1.78. The number of nitrogens with two attached hydrogens (primary N) is 1. The molecule has 0 atom stereocenters. The normalized spacial score (nSPS) is 11.8. The fraction of sp³-hybridized carbons (Fsp3) is 0.100. The highest BCUT2D eigenvalue weighted by atomic mass is 32.2. The molecule has 2 heterocycles. The van der Waals surface area contributed by atoms with Gasteiger partial charge in [-0.05, 0) is 48.4 Å². The molecule has 7 heteroatoms. The minimum absolute atomic E-state index is 0.291. The summed E-state index contributed by atoms with van der Waals surface area (Å²) < 4.78 is 24.4. The summed E-state index contributed by atoms with van der Waals surface area (Å²) >= 11 is 1.66. The summed E-state index contributed by atoms with van der Waals surface area (Å²) in [6, 6.07) is 14.8. The minimum Gasteiger partial charge on any atom is -0.383 e. The molecule has 0 spiro atoms. The van der Waals surface area contributed by atoms with Gasteiger partial charge in [-0.25, -0.2) is 18.4 Å². The Kier molecular flexibility index (Phi) is 4.20. The Bertz CT molecular complexity index is 1260. The van der Waals surface area contributed by atoms with Gasteiger partial charge in [0.1, 0.15) is 5.82 Å². The SMILES string of the molecule is Cc1nc2cc(-c3cc(-c4ccc(S(C)(=O)=O)cc4)cnc3N)ccc2s1. The van der Waals surface area contributed by atoms with Crippen LogP contribution in [0.15, 0.2) is 59.6 Å². The van der Waals surface area contributed by atoms with E-state index in [1.165, 1.54) is 6.26 Å². The molecule has 0 aliphatic rings. The van der Waals surface area contributed by atoms with E-state index in [0.29, 0.717) is 10.7 Å². The zero-order chi connectivity index (χ0) is 19.2. The number of sulfone groups is 1. The number of pyridine rings is 1. The Hall–Kier alpha value is -2.77. The quantitative estimate of drug-likeness (QED) is 0.558. The standard InChI is InChI=1S/C20H17N3O2S2/c1-12-23-18-10-14(5-8-19(18)26-12)17-9-15(11-22-20(17)21)13-3-6-16(7-4-13)27(2,24)25/h3-11H,1-2H3,(H2,21,22). The molecule has 0 bridgehead atoms. The summed E-state index contributed by atoms with van der Waals surface area (Å²) in [7, 11) is -3.22. The molecule has 2 aromatic heterocycles. The largest absolute Gasteiger partial charge is 0.383 e. The van der Waals surface area contributed by atoms with Gasteiger partial charge in [0.2, 0.25) is 0 Å². The number of aromatic nitrogens is 2. The van der Waals surface area contributed by atoms with Crippen molar-refractivity contribution in [3.05, 3.63) is 59.7 Å². The van der Waals surface area contributed by atoms with Crippen molar-refractivity contribution in [3.63, 3.8) is 0 Å². The highest BCUT2D eigenvalue weighted by Crippen LogP contribution is 2.33. The van der Waals surface area contributed by atoms with Gasteiger partial charge in [-0.2, -0.15) is 0 Å². The molecular formula is C20H17N3O2S2. The highest BCUT2D eigenvalue weighted by Gasteiger charge is 2.11. The summed E-state index contributed by atoms with van der Waals surface area (Å²) in [5, 5.41) is 1.02. The third kappa shape index (κ3) is 3.43. The van der Waals surface area contributed by atoms with Crippen LogP contribution in [0.25, 0.3) is 32.5 Å². The molecule has 0 aliphatic carbocycles. The number of nitrogen functional groups attached to an aromatic ring is 1. The molecule has 0 unspecified atom stereocenters. The Morgan fingerprint density at radius 3 is 2.37 bits per heavy atom. The smallest absolute Gasteiger partial charge is 0.175 e. The summed E-state index contributed by atoms with van der Waals surface area (Å²) in [4.78, 5) is 9.16. The van der Waals surface area contributed by atoms with Crippen molar-refractivity contribution in [2.75, 3.05) is 12.0 Å². The van der Waals surface area contributed by atoms with E-state index in [1.807, 2.05) is 31.2 Å². The first kappa shape index (κ1) is 17.6. The Morgan fingerprint density at radius 2 is 1.67 bits per heavy atom. The number of anilines is 1. The summed E-state index contributed by atoms with van der Waals surface area (Å²) in [5.41, 5.74) is 10.6. The van der Waals surface area contributed by atoms with E-state index in [1.54, 1.807) is 41.8 Å². The summed E-state index contributed by atoms with van der Waals surface area (Å²) in [6.45, 7) is 1.99. The average Bonchev–Trinajstić information content (AvgIpc) is 3.00. The summed E-state index contributed by atoms with van der Waals surface area (Å²) in [6.07, 6.45) is 2.89. The van der Waals surface area contributed by atoms with Gasteiger partial charge in [0.25, 0.3) is 0 Å². The number of hydrogen-bond donors (Lipinski definition) is 1. The van der Waals surface area contributed by atoms with Crippen LogP contribution in [0.5, 0.6) is 0 Å². The molecule has 4 rings (SSSR count). The summed E-state index contributed by atoms with van der Waals surface area (Å²) in [5.74, 6) is 0.442. The van der Waals surface area contributed by atoms with Crippen molar-refractivity contribution >= 4 is 37.2 Å². The van der Waals surface area contributed by atoms with Gasteiger partial charge in [-0.3, -0.25) is 0 Å². The molecule has 0 amide bonds. The number of benzene rings is 2. The lowest BCUT2D eigenvalue weighted by molar-refractivity contribution is 0.602. The van der Waals surface area contributed by atoms with Gasteiger partial charge >= 0.3 is 0 Å². The van der Waals surface area contributed by atoms with Crippen LogP contribution in [0.2, 0.25) is 0 Å². The number of nitrogens with zero attached hydrogens (tertiary/aromatic N) is 2. The first-order valence-electron chi connectivity index (χ1n) is 8.25. The zero-order valence-corrected chi connectivity index (χ0v) is 16.4. The second kappa shape index (κ2) is 6.44. The lowest BCUT2D eigenvalue weighted by atomic mass is 10.0. The Labute approximate surface area is 161 Å². The molecule has 0 saturated carbocycles. The molecule has 2 aromatic carbocycles. The van der Waals surface area contributed by atoms with Crippen LogP contribution in [0, 0.1) is 6.92 Å². The third-order valence-electron chi connectivity index (χ3n) is 4.34. The fourth-order valence-corrected chi connectivity index (χ4v) is 4.41. The van der Waals surface area contributed by atoms with Gasteiger partial charge < -0.3 is 5.73 Å². The molecule has 27 heavy (non-hydrogen) atoms. The van der Waals surface area contributed by atoms with Crippen LogP contribution in [-0.4, -0.2) is 24.6 Å². The molecule has 0 aliphatic heterocycles. The topological polar surface area (TPSA) is 85.9 Å². The number of fused-ring (bicyclic) bond motifs is 1. The lowest BCUT2D eigenvalue weighted by Crippen LogP contribution is -1.97. The van der Waals surface area contributed by atoms with Crippen LogP contribution in [0.4, 0.5) is 5.82 Å². The third-order valence-corrected chi connectivity index (χ3v) is 6.42. The first-order chi connectivity index (χ1) is 12.8. The van der Waals surface area contributed by atoms with Gasteiger partial charge in [-0.1, -0.05) is 18.2 Å². The lowest BCUT2D eigenvalue weighted by Gasteiger charge is -2.09. The molecule has 136 valence electrons. The molecule has 2 N–H and O–H groups in total. The van der Waals surface area contributed by atoms with Crippen molar-refractivity contribution in [3.8, 4) is 22.3 Å². The second-order valence-electron chi connectivity index (χ2n) is 6.37. The maximum Gasteiger partial charge on any atom is 0.175 e. The number of aryl methyl sites for hydroxylation is 1. The van der Waals surface area contributed by atoms with E-state index in [4.69, 9.17) is 5.73 Å². The predicted molar refractivity (Wildman–Crippen MR) is 111 cm³/mol. The monoisotopic (exact) mass is 395 g/mol. The average molecular weight is 396 g/mol. The van der Waals surface area contributed by atoms with E-state index in [0.717, 1.165) is 37.5 Å². The first-order valence-corrected chi connectivity index (χ1v) is 11.0. The molecule has 0 fully saturated rings. The predicted octanol–water partition coefficient (Wildman–Crippen LogP) is 4.32. The second-order valence-corrected chi connectivity index (χ2v) is 9.62. The van der Waals surface area contributed by atoms with Crippen molar-refractivity contribution in [2.45, 2.75) is 11.8 Å². The van der Waals surface area contributed by atoms with E-state index in [2.05, 4.69) is 9.97 Å². The molecule has 5 nitrogen and oxygen atoms in total. The van der Waals surface area contributed by atoms with E-state index >= 15 is 0 Å². The minimum atomic E-state index is -3.22. The van der Waals surface area contributed by atoms with Crippen molar-refractivity contribution in [2.24, 2.45) is 0 Å². The van der Waals surface area contributed by atoms with E-state index < -0.39 is 9.84 Å². The van der Waals surface area contributed by atoms with Crippen molar-refractivity contribution in [1.29, 1.82) is 0 Å². The van der Waals surface area contributed by atoms with E-state index in [9.17, 15) is 8.42 Å². The van der Waals surface area contributed by atoms with Crippen LogP contribution >= 0.6 is 11.3 Å². The number of thiazole rings is 1. The van der Waals surface area contributed by atoms with Gasteiger partial charge in [0, 0.05) is 23.6 Å². The molecule has 0 radical (unpaired) electrons. The van der Waals surface area contributed by atoms with Crippen molar-refractivity contribution in [1.82, 2.24) is 9.97 Å². The van der Waals surface area contributed by atoms with E-state index in [-0.39, 0.29) is 0 Å². The van der Waals surface area contributed by atoms with Crippen LogP contribution in [-0.2, 0) is 9.84 Å². The molecule has 0 saturated heterocycles. The number of hydrogen-bond acceptors (Lipinski definition) is 6. The maximum atomic E-state index is 11.6. The zero-order valence-electron chi connectivity index (χ0n) is 14.8. The van der Waals surface area contributed by atoms with Gasteiger partial charge in [0.05, 0.1) is 20.1 Å². The number of rotatable bonds is 3. The molecule has 4 aromatic rings. The van der Waals surface area contributed by atoms with Crippen molar-refractivity contribution < 1.29 is 8.42 Å².